The van der Waals surface area contributed by atoms with Crippen molar-refractivity contribution in [2.24, 2.45) is 0 Å². The quantitative estimate of drug-likeness (QED) is 0.805. The fraction of sp³-hybridized carbons (Fsp3) is 0.318. The minimum atomic E-state index is 0.128. The van der Waals surface area contributed by atoms with Gasteiger partial charge in [0, 0.05) is 38.3 Å². The zero-order valence-corrected chi connectivity index (χ0v) is 14.5. The molecule has 1 saturated heterocycles. The van der Waals surface area contributed by atoms with Crippen molar-refractivity contribution in [2.75, 3.05) is 19.6 Å². The van der Waals surface area contributed by atoms with E-state index in [1.54, 1.807) is 6.08 Å². The summed E-state index contributed by atoms with van der Waals surface area (Å²) in [6.07, 6.45) is 5.82. The van der Waals surface area contributed by atoms with Crippen LogP contribution in [0.1, 0.15) is 23.1 Å². The average Bonchev–Trinajstić information content (AvgIpc) is 3.17. The lowest BCUT2D eigenvalue weighted by atomic mass is 9.98. The van der Waals surface area contributed by atoms with Crippen LogP contribution < -0.4 is 0 Å². The summed E-state index contributed by atoms with van der Waals surface area (Å²) >= 11 is 0. The van der Waals surface area contributed by atoms with Crippen LogP contribution in [0.25, 0.3) is 6.08 Å². The summed E-state index contributed by atoms with van der Waals surface area (Å²) in [5, 5.41) is 0. The van der Waals surface area contributed by atoms with Crippen LogP contribution >= 0.6 is 0 Å². The van der Waals surface area contributed by atoms with Crippen molar-refractivity contribution >= 4 is 12.0 Å². The Balaban J connectivity index is 1.35. The van der Waals surface area contributed by atoms with Crippen LogP contribution in [-0.4, -0.2) is 41.4 Å². The van der Waals surface area contributed by atoms with Gasteiger partial charge in [0.1, 0.15) is 0 Å². The first-order valence-corrected chi connectivity index (χ1v) is 9.12. The molecule has 4 rings (SSSR count). The lowest BCUT2D eigenvalue weighted by molar-refractivity contribution is -0.125. The predicted octanol–water partition coefficient (Wildman–Crippen LogP) is 3.36. The van der Waals surface area contributed by atoms with Crippen molar-refractivity contribution in [2.45, 2.75) is 25.4 Å². The van der Waals surface area contributed by atoms with Crippen molar-refractivity contribution in [3.8, 4) is 0 Å². The van der Waals surface area contributed by atoms with Gasteiger partial charge in [-0.05, 0) is 35.6 Å². The molecule has 3 heteroatoms. The number of hydrogen-bond acceptors (Lipinski definition) is 2. The summed E-state index contributed by atoms with van der Waals surface area (Å²) < 4.78 is 0. The van der Waals surface area contributed by atoms with Crippen molar-refractivity contribution < 1.29 is 4.79 Å². The van der Waals surface area contributed by atoms with Crippen LogP contribution in [0.5, 0.6) is 0 Å². The first-order valence-electron chi connectivity index (χ1n) is 9.12. The van der Waals surface area contributed by atoms with Gasteiger partial charge in [-0.15, -0.1) is 0 Å². The van der Waals surface area contributed by atoms with E-state index in [4.69, 9.17) is 0 Å². The molecule has 0 N–H and O–H groups in total. The van der Waals surface area contributed by atoms with E-state index < -0.39 is 0 Å². The van der Waals surface area contributed by atoms with E-state index >= 15 is 0 Å². The molecule has 0 spiro atoms. The van der Waals surface area contributed by atoms with Gasteiger partial charge in [0.05, 0.1) is 0 Å². The van der Waals surface area contributed by atoms with E-state index in [1.807, 2.05) is 41.3 Å². The van der Waals surface area contributed by atoms with Crippen molar-refractivity contribution in [3.63, 3.8) is 0 Å². The maximum Gasteiger partial charge on any atom is 0.246 e. The highest BCUT2D eigenvalue weighted by Crippen LogP contribution is 2.24. The van der Waals surface area contributed by atoms with Gasteiger partial charge in [0.25, 0.3) is 0 Å². The van der Waals surface area contributed by atoms with E-state index in [-0.39, 0.29) is 5.91 Å². The smallest absolute Gasteiger partial charge is 0.246 e. The standard InChI is InChI=1S/C22H24N2O/c25-22(11-10-18-6-2-1-3-7-18)24-15-13-21(17-24)23-14-12-19-8-4-5-9-20(19)16-23/h1-11,21H,12-17H2/b11-10+/t21-/m0/s1. The molecule has 0 saturated carbocycles. The lowest BCUT2D eigenvalue weighted by Gasteiger charge is -2.33. The first-order chi connectivity index (χ1) is 12.3. The van der Waals surface area contributed by atoms with Crippen molar-refractivity contribution in [1.29, 1.82) is 0 Å². The van der Waals surface area contributed by atoms with Crippen molar-refractivity contribution in [1.82, 2.24) is 9.80 Å². The summed E-state index contributed by atoms with van der Waals surface area (Å²) in [5.74, 6) is 0.128. The summed E-state index contributed by atoms with van der Waals surface area (Å²) in [4.78, 5) is 17.0. The highest BCUT2D eigenvalue weighted by molar-refractivity contribution is 5.92. The molecule has 2 aromatic rings. The molecule has 0 unspecified atom stereocenters. The Hall–Kier alpha value is -2.39. The zero-order valence-electron chi connectivity index (χ0n) is 14.5. The van der Waals surface area contributed by atoms with Crippen LogP contribution in [0.3, 0.4) is 0 Å². The van der Waals surface area contributed by atoms with Gasteiger partial charge in [-0.3, -0.25) is 9.69 Å². The molecule has 1 fully saturated rings. The van der Waals surface area contributed by atoms with Gasteiger partial charge in [-0.25, -0.2) is 0 Å². The Bertz CT molecular complexity index is 769. The second-order valence-corrected chi connectivity index (χ2v) is 6.96. The molecule has 0 aliphatic carbocycles. The molecule has 1 amide bonds. The topological polar surface area (TPSA) is 23.6 Å². The molecule has 0 aromatic heterocycles. The molecule has 128 valence electrons. The summed E-state index contributed by atoms with van der Waals surface area (Å²) in [5.41, 5.74) is 4.00. The Morgan fingerprint density at radius 2 is 1.72 bits per heavy atom. The molecular weight excluding hydrogens is 308 g/mol. The number of hydrogen-bond donors (Lipinski definition) is 0. The molecule has 2 aliphatic rings. The highest BCUT2D eigenvalue weighted by Gasteiger charge is 2.31. The molecular formula is C22H24N2O. The van der Waals surface area contributed by atoms with Crippen LogP contribution in [0.2, 0.25) is 0 Å². The van der Waals surface area contributed by atoms with E-state index in [9.17, 15) is 4.79 Å². The number of likely N-dealkylation sites (tertiary alicyclic amines) is 1. The maximum absolute atomic E-state index is 12.5. The minimum absolute atomic E-state index is 0.128. The van der Waals surface area contributed by atoms with Gasteiger partial charge in [0.2, 0.25) is 5.91 Å². The third-order valence-electron chi connectivity index (χ3n) is 5.37. The van der Waals surface area contributed by atoms with Gasteiger partial charge >= 0.3 is 0 Å². The molecule has 3 nitrogen and oxygen atoms in total. The number of rotatable bonds is 3. The summed E-state index contributed by atoms with van der Waals surface area (Å²) in [6, 6.07) is 19.2. The number of fused-ring (bicyclic) bond motifs is 1. The largest absolute Gasteiger partial charge is 0.338 e. The van der Waals surface area contributed by atoms with Crippen LogP contribution in [-0.2, 0) is 17.8 Å². The van der Waals surface area contributed by atoms with E-state index in [2.05, 4.69) is 29.2 Å². The SMILES string of the molecule is O=C(/C=C/c1ccccc1)N1CC[C@H](N2CCc3ccccc3C2)C1. The Morgan fingerprint density at radius 1 is 0.960 bits per heavy atom. The van der Waals surface area contributed by atoms with E-state index in [1.165, 1.54) is 11.1 Å². The number of amides is 1. The summed E-state index contributed by atoms with van der Waals surface area (Å²) in [6.45, 7) is 3.83. The fourth-order valence-electron chi connectivity index (χ4n) is 3.91. The number of carbonyl (C=O) groups excluding carboxylic acids is 1. The first kappa shape index (κ1) is 16.1. The second kappa shape index (κ2) is 7.24. The normalized spacial score (nSPS) is 20.8. The molecule has 0 radical (unpaired) electrons. The Labute approximate surface area is 149 Å². The fourth-order valence-corrected chi connectivity index (χ4v) is 3.91. The van der Waals surface area contributed by atoms with Crippen LogP contribution in [0.4, 0.5) is 0 Å². The molecule has 25 heavy (non-hydrogen) atoms. The monoisotopic (exact) mass is 332 g/mol. The van der Waals surface area contributed by atoms with E-state index in [0.29, 0.717) is 6.04 Å². The second-order valence-electron chi connectivity index (χ2n) is 6.96. The van der Waals surface area contributed by atoms with E-state index in [0.717, 1.165) is 44.6 Å². The predicted molar refractivity (Wildman–Crippen MR) is 101 cm³/mol. The average molecular weight is 332 g/mol. The van der Waals surface area contributed by atoms with Crippen LogP contribution in [0, 0.1) is 0 Å². The van der Waals surface area contributed by atoms with Crippen LogP contribution in [0.15, 0.2) is 60.7 Å². The molecule has 1 atom stereocenters. The van der Waals surface area contributed by atoms with Gasteiger partial charge < -0.3 is 4.90 Å². The van der Waals surface area contributed by atoms with Gasteiger partial charge in [-0.1, -0.05) is 54.6 Å². The molecule has 2 heterocycles. The number of benzene rings is 2. The number of nitrogens with zero attached hydrogens (tertiary/aromatic N) is 2. The van der Waals surface area contributed by atoms with Gasteiger partial charge in [-0.2, -0.15) is 0 Å². The lowest BCUT2D eigenvalue weighted by Crippen LogP contribution is -2.41. The van der Waals surface area contributed by atoms with Gasteiger partial charge in [0.15, 0.2) is 0 Å². The minimum Gasteiger partial charge on any atom is -0.338 e. The third-order valence-corrected chi connectivity index (χ3v) is 5.37. The summed E-state index contributed by atoms with van der Waals surface area (Å²) in [7, 11) is 0. The maximum atomic E-state index is 12.5. The molecule has 2 aliphatic heterocycles. The molecule has 2 aromatic carbocycles. The number of carbonyl (C=O) groups is 1. The zero-order chi connectivity index (χ0) is 17.1. The Morgan fingerprint density at radius 3 is 2.56 bits per heavy atom. The highest BCUT2D eigenvalue weighted by atomic mass is 16.2. The Kier molecular flexibility index (Phi) is 4.66. The molecule has 0 bridgehead atoms. The van der Waals surface area contributed by atoms with Crippen molar-refractivity contribution in [3.05, 3.63) is 77.4 Å². The third kappa shape index (κ3) is 3.67.